The van der Waals surface area contributed by atoms with Crippen molar-refractivity contribution >= 4 is 38.9 Å². The molecule has 0 unspecified atom stereocenters. The van der Waals surface area contributed by atoms with Gasteiger partial charge in [-0.3, -0.25) is 4.79 Å². The smallest absolute Gasteiger partial charge is 0.320 e. The molecule has 8 heteroatoms. The molecule has 0 aliphatic heterocycles. The highest BCUT2D eigenvalue weighted by molar-refractivity contribution is 9.10. The third kappa shape index (κ3) is 3.18. The fourth-order valence-electron chi connectivity index (χ4n) is 1.52. The van der Waals surface area contributed by atoms with Crippen LogP contribution in [-0.4, -0.2) is 10.9 Å². The first-order valence-electron chi connectivity index (χ1n) is 5.39. The van der Waals surface area contributed by atoms with E-state index in [4.69, 9.17) is 0 Å². The molecule has 0 fully saturated rings. The minimum Gasteiger partial charge on any atom is -0.320 e. The highest BCUT2D eigenvalue weighted by atomic mass is 79.9. The van der Waals surface area contributed by atoms with E-state index in [2.05, 4.69) is 26.2 Å². The van der Waals surface area contributed by atoms with Gasteiger partial charge in [-0.25, -0.2) is 4.98 Å². The number of nitrogens with one attached hydrogen (secondary N) is 1. The zero-order chi connectivity index (χ0) is 14.9. The molecule has 0 saturated carbocycles. The molecule has 1 N–H and O–H groups in total. The Morgan fingerprint density at radius 2 is 2.00 bits per heavy atom. The van der Waals surface area contributed by atoms with Crippen LogP contribution in [0.3, 0.4) is 0 Å². The van der Waals surface area contributed by atoms with Crippen molar-refractivity contribution in [1.82, 2.24) is 4.98 Å². The summed E-state index contributed by atoms with van der Waals surface area (Å²) in [4.78, 5) is 14.6. The van der Waals surface area contributed by atoms with Crippen LogP contribution in [0.5, 0.6) is 0 Å². The van der Waals surface area contributed by atoms with E-state index in [1.165, 1.54) is 6.92 Å². The molecule has 106 valence electrons. The molecule has 0 spiro atoms. The van der Waals surface area contributed by atoms with Crippen LogP contribution in [0.1, 0.15) is 20.4 Å². The molecule has 20 heavy (non-hydrogen) atoms. The summed E-state index contributed by atoms with van der Waals surface area (Å²) in [5.74, 6) is -0.881. The monoisotopic (exact) mass is 364 g/mol. The van der Waals surface area contributed by atoms with Gasteiger partial charge in [-0.05, 0) is 35.0 Å². The Morgan fingerprint density at radius 1 is 1.35 bits per heavy atom. The van der Waals surface area contributed by atoms with Crippen LogP contribution in [0.15, 0.2) is 28.7 Å². The number of thiazole rings is 1. The predicted molar refractivity (Wildman–Crippen MR) is 73.9 cm³/mol. The number of para-hydroxylation sites is 1. The summed E-state index contributed by atoms with van der Waals surface area (Å²) in [6.45, 7) is 1.43. The first-order valence-corrected chi connectivity index (χ1v) is 7.00. The third-order valence-corrected chi connectivity index (χ3v) is 4.04. The van der Waals surface area contributed by atoms with Crippen LogP contribution < -0.4 is 5.32 Å². The molecule has 0 aliphatic carbocycles. The number of halogens is 4. The lowest BCUT2D eigenvalue weighted by Crippen LogP contribution is -2.17. The Labute approximate surface area is 125 Å². The van der Waals surface area contributed by atoms with Crippen molar-refractivity contribution < 1.29 is 18.0 Å². The number of benzene rings is 1. The summed E-state index contributed by atoms with van der Waals surface area (Å²) in [7, 11) is 0. The van der Waals surface area contributed by atoms with E-state index >= 15 is 0 Å². The molecule has 1 amide bonds. The SMILES string of the molecule is Cc1nc(C(=O)Nc2ccccc2Br)c(C(F)(F)F)s1. The summed E-state index contributed by atoms with van der Waals surface area (Å²) < 4.78 is 39.0. The molecule has 0 saturated heterocycles. The number of nitrogens with zero attached hydrogens (tertiary/aromatic N) is 1. The molecular weight excluding hydrogens is 357 g/mol. The molecule has 0 atom stereocenters. The van der Waals surface area contributed by atoms with Gasteiger partial charge >= 0.3 is 6.18 Å². The number of aromatic nitrogens is 1. The minimum absolute atomic E-state index is 0.189. The van der Waals surface area contributed by atoms with Crippen molar-refractivity contribution in [2.75, 3.05) is 5.32 Å². The molecule has 1 heterocycles. The van der Waals surface area contributed by atoms with Gasteiger partial charge in [0.15, 0.2) is 5.69 Å². The number of rotatable bonds is 2. The average Bonchev–Trinajstić information content (AvgIpc) is 2.74. The lowest BCUT2D eigenvalue weighted by Gasteiger charge is -2.08. The Bertz CT molecular complexity index is 654. The fraction of sp³-hybridized carbons (Fsp3) is 0.167. The van der Waals surface area contributed by atoms with E-state index in [1.54, 1.807) is 24.3 Å². The normalized spacial score (nSPS) is 11.4. The van der Waals surface area contributed by atoms with Gasteiger partial charge in [-0.15, -0.1) is 11.3 Å². The highest BCUT2D eigenvalue weighted by Crippen LogP contribution is 2.36. The van der Waals surface area contributed by atoms with Crippen LogP contribution in [0.4, 0.5) is 18.9 Å². The number of carbonyl (C=O) groups is 1. The molecule has 2 rings (SSSR count). The summed E-state index contributed by atoms with van der Waals surface area (Å²) in [5.41, 5.74) is -0.216. The van der Waals surface area contributed by atoms with Crippen LogP contribution >= 0.6 is 27.3 Å². The van der Waals surface area contributed by atoms with E-state index in [1.807, 2.05) is 0 Å². The van der Waals surface area contributed by atoms with Crippen LogP contribution in [0.25, 0.3) is 0 Å². The van der Waals surface area contributed by atoms with Gasteiger partial charge in [-0.2, -0.15) is 13.2 Å². The van der Waals surface area contributed by atoms with Crippen LogP contribution in [0.2, 0.25) is 0 Å². The van der Waals surface area contributed by atoms with Crippen LogP contribution in [0, 0.1) is 6.92 Å². The van der Waals surface area contributed by atoms with Crippen molar-refractivity contribution in [3.63, 3.8) is 0 Å². The van der Waals surface area contributed by atoms with E-state index in [-0.39, 0.29) is 5.01 Å². The Kier molecular flexibility index (Phi) is 4.14. The molecule has 2 aromatic rings. The number of hydrogen-bond donors (Lipinski definition) is 1. The summed E-state index contributed by atoms with van der Waals surface area (Å²) in [6, 6.07) is 6.65. The van der Waals surface area contributed by atoms with Gasteiger partial charge in [0, 0.05) is 4.47 Å². The largest absolute Gasteiger partial charge is 0.427 e. The van der Waals surface area contributed by atoms with Gasteiger partial charge in [-0.1, -0.05) is 12.1 Å². The average molecular weight is 365 g/mol. The minimum atomic E-state index is -4.59. The van der Waals surface area contributed by atoms with Gasteiger partial charge in [0.25, 0.3) is 5.91 Å². The zero-order valence-electron chi connectivity index (χ0n) is 10.1. The highest BCUT2D eigenvalue weighted by Gasteiger charge is 2.38. The third-order valence-electron chi connectivity index (χ3n) is 2.33. The first-order chi connectivity index (χ1) is 9.29. The fourth-order valence-corrected chi connectivity index (χ4v) is 2.68. The second kappa shape index (κ2) is 5.53. The molecule has 3 nitrogen and oxygen atoms in total. The second-order valence-electron chi connectivity index (χ2n) is 3.84. The predicted octanol–water partition coefficient (Wildman–Crippen LogP) is 4.49. The molecular formula is C12H8BrF3N2OS. The molecule has 1 aromatic carbocycles. The lowest BCUT2D eigenvalue weighted by atomic mass is 10.3. The Morgan fingerprint density at radius 3 is 2.60 bits per heavy atom. The summed E-state index contributed by atoms with van der Waals surface area (Å²) in [6.07, 6.45) is -4.59. The summed E-state index contributed by atoms with van der Waals surface area (Å²) in [5, 5.41) is 2.60. The van der Waals surface area contributed by atoms with Crippen molar-refractivity contribution in [1.29, 1.82) is 0 Å². The van der Waals surface area contributed by atoms with Gasteiger partial charge in [0.05, 0.1) is 10.7 Å². The Hall–Kier alpha value is -1.41. The van der Waals surface area contributed by atoms with E-state index in [0.29, 0.717) is 21.5 Å². The van der Waals surface area contributed by atoms with Gasteiger partial charge in [0.1, 0.15) is 4.88 Å². The molecule has 0 radical (unpaired) electrons. The maximum Gasteiger partial charge on any atom is 0.427 e. The standard InChI is InChI=1S/C12H8BrF3N2OS/c1-6-17-9(10(20-6)12(14,15)16)11(19)18-8-5-3-2-4-7(8)13/h2-5H,1H3,(H,18,19). The molecule has 1 aromatic heterocycles. The quantitative estimate of drug-likeness (QED) is 0.853. The van der Waals surface area contributed by atoms with Crippen molar-refractivity contribution in [2.24, 2.45) is 0 Å². The maximum absolute atomic E-state index is 12.8. The van der Waals surface area contributed by atoms with E-state index in [9.17, 15) is 18.0 Å². The van der Waals surface area contributed by atoms with Crippen molar-refractivity contribution in [2.45, 2.75) is 13.1 Å². The number of anilines is 1. The molecule has 0 bridgehead atoms. The number of aryl methyl sites for hydroxylation is 1. The lowest BCUT2D eigenvalue weighted by molar-refractivity contribution is -0.134. The first kappa shape index (κ1) is 15.0. The van der Waals surface area contributed by atoms with Crippen molar-refractivity contribution in [3.05, 3.63) is 44.3 Å². The van der Waals surface area contributed by atoms with E-state index < -0.39 is 22.7 Å². The number of hydrogen-bond acceptors (Lipinski definition) is 3. The van der Waals surface area contributed by atoms with Crippen LogP contribution in [-0.2, 0) is 6.18 Å². The topological polar surface area (TPSA) is 42.0 Å². The summed E-state index contributed by atoms with van der Waals surface area (Å²) >= 11 is 3.66. The van der Waals surface area contributed by atoms with Gasteiger partial charge < -0.3 is 5.32 Å². The molecule has 0 aliphatic rings. The van der Waals surface area contributed by atoms with Crippen molar-refractivity contribution in [3.8, 4) is 0 Å². The number of alkyl halides is 3. The Balaban J connectivity index is 2.33. The number of amides is 1. The number of carbonyl (C=O) groups excluding carboxylic acids is 1. The zero-order valence-corrected chi connectivity index (χ0v) is 12.5. The maximum atomic E-state index is 12.8. The van der Waals surface area contributed by atoms with E-state index in [0.717, 1.165) is 0 Å². The second-order valence-corrected chi connectivity index (χ2v) is 5.90. The van der Waals surface area contributed by atoms with Gasteiger partial charge in [0.2, 0.25) is 0 Å².